The predicted octanol–water partition coefficient (Wildman–Crippen LogP) is 3.05. The van der Waals surface area contributed by atoms with Gasteiger partial charge in [0, 0.05) is 4.47 Å². The number of fused-ring (bicyclic) bond motifs is 3. The zero-order valence-corrected chi connectivity index (χ0v) is 13.2. The third-order valence-corrected chi connectivity index (χ3v) is 7.96. The average molecular weight is 355 g/mol. The van der Waals surface area contributed by atoms with Gasteiger partial charge < -0.3 is 0 Å². The van der Waals surface area contributed by atoms with Crippen LogP contribution in [0.1, 0.15) is 12.8 Å². The number of benzene rings is 1. The summed E-state index contributed by atoms with van der Waals surface area (Å²) in [6, 6.07) is 6.70. The first-order chi connectivity index (χ1) is 9.56. The average Bonchev–Trinajstić information content (AvgIpc) is 2.71. The summed E-state index contributed by atoms with van der Waals surface area (Å²) in [4.78, 5) is 0.270. The lowest BCUT2D eigenvalue weighted by molar-refractivity contribution is 0.0664. The van der Waals surface area contributed by atoms with E-state index in [2.05, 4.69) is 15.9 Å². The van der Waals surface area contributed by atoms with Crippen molar-refractivity contribution < 1.29 is 12.6 Å². The summed E-state index contributed by atoms with van der Waals surface area (Å²) in [5.74, 6) is 4.42. The van der Waals surface area contributed by atoms with E-state index in [0.717, 1.165) is 28.1 Å². The van der Waals surface area contributed by atoms with Crippen molar-refractivity contribution in [2.45, 2.75) is 23.8 Å². The number of hydrogen-bond donors (Lipinski definition) is 0. The van der Waals surface area contributed by atoms with Crippen LogP contribution in [0.2, 0.25) is 0 Å². The second-order valence-corrected chi connectivity index (χ2v) is 9.24. The molecule has 0 amide bonds. The summed E-state index contributed by atoms with van der Waals surface area (Å²) in [7, 11) is -3.62. The minimum Gasteiger partial charge on any atom is -0.262 e. The van der Waals surface area contributed by atoms with Crippen LogP contribution >= 0.6 is 15.9 Å². The third kappa shape index (κ3) is 1.41. The molecule has 1 aromatic rings. The molecule has 2 bridgehead atoms. The maximum Gasteiger partial charge on any atom is 0.297 e. The van der Waals surface area contributed by atoms with Crippen molar-refractivity contribution >= 4 is 26.0 Å². The first kappa shape index (κ1) is 12.2. The van der Waals surface area contributed by atoms with Gasteiger partial charge in [-0.2, -0.15) is 8.42 Å². The van der Waals surface area contributed by atoms with Crippen LogP contribution in [-0.4, -0.2) is 14.5 Å². The highest BCUT2D eigenvalue weighted by Crippen LogP contribution is 2.79. The molecule has 1 aromatic carbocycles. The van der Waals surface area contributed by atoms with Gasteiger partial charge in [-0.1, -0.05) is 15.9 Å². The standard InChI is InChI=1S/C15H15BrO3S/c16-7-1-3-8(4-2-7)20(17,18)19-15-10-6-11-13-9(10)5-12(15)14(11)13/h1-4,9-15H,5-6H2/t9?,10?,11?,12?,13?,14?,15-/m1/s1. The molecule has 5 rings (SSSR count). The highest BCUT2D eigenvalue weighted by atomic mass is 79.9. The molecule has 0 aliphatic heterocycles. The molecule has 20 heavy (non-hydrogen) atoms. The van der Waals surface area contributed by atoms with Gasteiger partial charge in [-0.3, -0.25) is 4.18 Å². The minimum atomic E-state index is -3.62. The summed E-state index contributed by atoms with van der Waals surface area (Å²) >= 11 is 3.32. The Kier molecular flexibility index (Phi) is 2.24. The minimum absolute atomic E-state index is 0.0475. The molecule has 6 unspecified atom stereocenters. The van der Waals surface area contributed by atoms with Crippen molar-refractivity contribution in [3.8, 4) is 0 Å². The lowest BCUT2D eigenvalue weighted by Crippen LogP contribution is -2.35. The van der Waals surface area contributed by atoms with Gasteiger partial charge in [0.05, 0.1) is 11.0 Å². The van der Waals surface area contributed by atoms with E-state index in [9.17, 15) is 8.42 Å². The Labute approximate surface area is 127 Å². The van der Waals surface area contributed by atoms with Crippen LogP contribution in [0.15, 0.2) is 33.6 Å². The number of rotatable bonds is 3. The van der Waals surface area contributed by atoms with Crippen LogP contribution in [0, 0.1) is 35.5 Å². The molecule has 4 fully saturated rings. The molecule has 7 atom stereocenters. The predicted molar refractivity (Wildman–Crippen MR) is 76.4 cm³/mol. The van der Waals surface area contributed by atoms with Crippen molar-refractivity contribution in [3.05, 3.63) is 28.7 Å². The molecule has 5 heteroatoms. The van der Waals surface area contributed by atoms with E-state index in [1.54, 1.807) is 24.3 Å². The summed E-state index contributed by atoms with van der Waals surface area (Å²) in [5.41, 5.74) is 0. The van der Waals surface area contributed by atoms with Crippen LogP contribution in [0.4, 0.5) is 0 Å². The summed E-state index contributed by atoms with van der Waals surface area (Å²) in [6.07, 6.45) is 2.36. The van der Waals surface area contributed by atoms with Crippen molar-refractivity contribution in [1.29, 1.82) is 0 Å². The van der Waals surface area contributed by atoms with E-state index >= 15 is 0 Å². The fraction of sp³-hybridized carbons (Fsp3) is 0.600. The quantitative estimate of drug-likeness (QED) is 0.783. The van der Waals surface area contributed by atoms with Gasteiger partial charge in [0.25, 0.3) is 10.1 Å². The van der Waals surface area contributed by atoms with Crippen LogP contribution in [0.3, 0.4) is 0 Å². The van der Waals surface area contributed by atoms with Gasteiger partial charge in [-0.05, 0) is 72.6 Å². The molecule has 3 nitrogen and oxygen atoms in total. The molecule has 4 aliphatic rings. The van der Waals surface area contributed by atoms with Crippen molar-refractivity contribution in [2.24, 2.45) is 35.5 Å². The molecule has 0 heterocycles. The van der Waals surface area contributed by atoms with Gasteiger partial charge in [-0.15, -0.1) is 0 Å². The zero-order valence-electron chi connectivity index (χ0n) is 10.8. The van der Waals surface area contributed by atoms with Crippen molar-refractivity contribution in [1.82, 2.24) is 0 Å². The number of hydrogen-bond acceptors (Lipinski definition) is 3. The molecular formula is C15H15BrO3S. The van der Waals surface area contributed by atoms with Gasteiger partial charge >= 0.3 is 0 Å². The second-order valence-electron chi connectivity index (χ2n) is 6.75. The molecule has 0 spiro atoms. The molecule has 0 N–H and O–H groups in total. The molecule has 0 saturated heterocycles. The molecule has 4 aliphatic carbocycles. The molecule has 106 valence electrons. The largest absolute Gasteiger partial charge is 0.297 e. The normalized spacial score (nSPS) is 47.0. The Morgan fingerprint density at radius 1 is 0.950 bits per heavy atom. The third-order valence-electron chi connectivity index (χ3n) is 6.10. The summed E-state index contributed by atoms with van der Waals surface area (Å²) < 4.78 is 31.4. The maximum absolute atomic E-state index is 12.4. The highest BCUT2D eigenvalue weighted by Gasteiger charge is 2.77. The van der Waals surface area contributed by atoms with Crippen LogP contribution < -0.4 is 0 Å². The molecular weight excluding hydrogens is 340 g/mol. The maximum atomic E-state index is 12.4. The van der Waals surface area contributed by atoms with E-state index in [1.807, 2.05) is 0 Å². The van der Waals surface area contributed by atoms with Gasteiger partial charge in [-0.25, -0.2) is 0 Å². The first-order valence-corrected chi connectivity index (χ1v) is 9.45. The van der Waals surface area contributed by atoms with E-state index in [-0.39, 0.29) is 11.0 Å². The Morgan fingerprint density at radius 3 is 2.20 bits per heavy atom. The summed E-state index contributed by atoms with van der Waals surface area (Å²) in [6.45, 7) is 0. The van der Waals surface area contributed by atoms with Gasteiger partial charge in [0.2, 0.25) is 0 Å². The molecule has 4 saturated carbocycles. The Balaban J connectivity index is 1.43. The molecule has 0 aromatic heterocycles. The highest BCUT2D eigenvalue weighted by molar-refractivity contribution is 9.10. The van der Waals surface area contributed by atoms with Crippen LogP contribution in [0.25, 0.3) is 0 Å². The smallest absolute Gasteiger partial charge is 0.262 e. The lowest BCUT2D eigenvalue weighted by Gasteiger charge is -2.31. The van der Waals surface area contributed by atoms with Crippen LogP contribution in [-0.2, 0) is 14.3 Å². The van der Waals surface area contributed by atoms with Gasteiger partial charge in [0.1, 0.15) is 0 Å². The van der Waals surface area contributed by atoms with Crippen LogP contribution in [0.5, 0.6) is 0 Å². The first-order valence-electron chi connectivity index (χ1n) is 7.25. The Morgan fingerprint density at radius 2 is 1.60 bits per heavy atom. The topological polar surface area (TPSA) is 43.4 Å². The monoisotopic (exact) mass is 354 g/mol. The van der Waals surface area contributed by atoms with E-state index in [0.29, 0.717) is 11.8 Å². The Hall–Kier alpha value is -0.390. The fourth-order valence-corrected chi connectivity index (χ4v) is 6.94. The SMILES string of the molecule is O=S(=O)(O[C@@H]1C2CC3C4C2CC1C34)c1ccc(Br)cc1. The lowest BCUT2D eigenvalue weighted by atomic mass is 9.83. The van der Waals surface area contributed by atoms with E-state index < -0.39 is 10.1 Å². The second kappa shape index (κ2) is 3.68. The van der Waals surface area contributed by atoms with E-state index in [1.165, 1.54) is 12.8 Å². The number of halogens is 1. The molecule has 0 radical (unpaired) electrons. The fourth-order valence-electron chi connectivity index (χ4n) is 5.52. The van der Waals surface area contributed by atoms with E-state index in [4.69, 9.17) is 4.18 Å². The summed E-state index contributed by atoms with van der Waals surface area (Å²) in [5, 5.41) is 0. The Bertz CT molecular complexity index is 680. The van der Waals surface area contributed by atoms with Crippen molar-refractivity contribution in [3.63, 3.8) is 0 Å². The zero-order chi connectivity index (χ0) is 13.6. The van der Waals surface area contributed by atoms with Gasteiger partial charge in [0.15, 0.2) is 0 Å². The van der Waals surface area contributed by atoms with Crippen molar-refractivity contribution in [2.75, 3.05) is 0 Å².